The molecule has 0 N–H and O–H groups in total. The van der Waals surface area contributed by atoms with Crippen LogP contribution in [0.5, 0.6) is 0 Å². The molecule has 0 amide bonds. The number of allylic oxidation sites excluding steroid dienone is 2. The topological polar surface area (TPSA) is 64.8 Å². The number of benzene rings is 1. The zero-order valence-electron chi connectivity index (χ0n) is 11.9. The minimum absolute atomic E-state index is 0.224. The maximum atomic E-state index is 12.5. The van der Waals surface area contributed by atoms with Gasteiger partial charge in [0.25, 0.3) is 10.0 Å². The van der Waals surface area contributed by atoms with Gasteiger partial charge in [-0.2, -0.15) is 8.42 Å². The van der Waals surface area contributed by atoms with E-state index in [0.29, 0.717) is 5.69 Å². The number of rotatable bonds is 3. The molecule has 0 saturated carbocycles. The largest absolute Gasteiger partial charge is 0.284 e. The highest BCUT2D eigenvalue weighted by atomic mass is 32.2. The van der Waals surface area contributed by atoms with Crippen molar-refractivity contribution in [3.05, 3.63) is 47.8 Å². The Labute approximate surface area is 124 Å². The van der Waals surface area contributed by atoms with Crippen LogP contribution in [0.25, 0.3) is 5.57 Å². The molecule has 1 aliphatic carbocycles. The Bertz CT molecular complexity index is 774. The molecule has 0 radical (unpaired) electrons. The first-order chi connectivity index (χ1) is 10.1. The molecule has 0 unspecified atom stereocenters. The van der Waals surface area contributed by atoms with E-state index in [-0.39, 0.29) is 4.90 Å². The molecule has 0 bridgehead atoms. The van der Waals surface area contributed by atoms with Crippen molar-refractivity contribution < 1.29 is 8.42 Å². The van der Waals surface area contributed by atoms with Crippen LogP contribution in [0.4, 0.5) is 0 Å². The second-order valence-corrected chi connectivity index (χ2v) is 7.07. The van der Waals surface area contributed by atoms with Gasteiger partial charge in [0, 0.05) is 0 Å². The Morgan fingerprint density at radius 1 is 1.14 bits per heavy atom. The summed E-state index contributed by atoms with van der Waals surface area (Å²) in [5.74, 6) is 0. The summed E-state index contributed by atoms with van der Waals surface area (Å²) in [6.45, 7) is 1.92. The van der Waals surface area contributed by atoms with Gasteiger partial charge < -0.3 is 0 Å². The van der Waals surface area contributed by atoms with Crippen LogP contribution in [-0.4, -0.2) is 22.8 Å². The summed E-state index contributed by atoms with van der Waals surface area (Å²) < 4.78 is 25.9. The van der Waals surface area contributed by atoms with Gasteiger partial charge >= 0.3 is 0 Å². The van der Waals surface area contributed by atoms with Crippen LogP contribution in [0.3, 0.4) is 0 Å². The predicted molar refractivity (Wildman–Crippen MR) is 80.2 cm³/mol. The van der Waals surface area contributed by atoms with Gasteiger partial charge in [0.05, 0.1) is 11.1 Å². The molecule has 2 aromatic rings. The Morgan fingerprint density at radius 2 is 1.90 bits per heavy atom. The molecule has 1 aliphatic rings. The Kier molecular flexibility index (Phi) is 3.63. The summed E-state index contributed by atoms with van der Waals surface area (Å²) in [6, 6.07) is 6.72. The number of aryl methyl sites for hydroxylation is 1. The third kappa shape index (κ3) is 2.76. The highest BCUT2D eigenvalue weighted by Gasteiger charge is 2.20. The monoisotopic (exact) mass is 303 g/mol. The molecule has 0 fully saturated rings. The van der Waals surface area contributed by atoms with Crippen LogP contribution in [0.2, 0.25) is 0 Å². The first kappa shape index (κ1) is 14.0. The molecule has 1 aromatic carbocycles. The molecular weight excluding hydrogens is 286 g/mol. The highest BCUT2D eigenvalue weighted by molar-refractivity contribution is 7.89. The molecule has 0 atom stereocenters. The van der Waals surface area contributed by atoms with Crippen molar-refractivity contribution in [3.63, 3.8) is 0 Å². The minimum Gasteiger partial charge on any atom is -0.199 e. The second kappa shape index (κ2) is 5.44. The standard InChI is InChI=1S/C15H17N3O2S/c1-12-7-9-14(10-8-12)21(19,20)18-11-15(16-17-18)13-5-3-2-4-6-13/h5,7-11H,2-4,6H2,1H3. The van der Waals surface area contributed by atoms with Crippen LogP contribution in [0.15, 0.2) is 41.4 Å². The molecule has 0 aliphatic heterocycles. The van der Waals surface area contributed by atoms with Crippen molar-refractivity contribution in [1.29, 1.82) is 0 Å². The minimum atomic E-state index is -3.66. The van der Waals surface area contributed by atoms with Crippen LogP contribution < -0.4 is 0 Å². The van der Waals surface area contributed by atoms with Gasteiger partial charge in [-0.3, -0.25) is 0 Å². The fourth-order valence-electron chi connectivity index (χ4n) is 2.40. The summed E-state index contributed by atoms with van der Waals surface area (Å²) in [7, 11) is -3.66. The summed E-state index contributed by atoms with van der Waals surface area (Å²) in [5.41, 5.74) is 2.76. The normalized spacial score (nSPS) is 15.8. The molecule has 3 rings (SSSR count). The van der Waals surface area contributed by atoms with Gasteiger partial charge in [0.1, 0.15) is 5.69 Å². The van der Waals surface area contributed by atoms with Gasteiger partial charge in [-0.25, -0.2) is 0 Å². The quantitative estimate of drug-likeness (QED) is 0.874. The Hall–Kier alpha value is -1.95. The smallest absolute Gasteiger partial charge is 0.199 e. The predicted octanol–water partition coefficient (Wildman–Crippen LogP) is 2.78. The lowest BCUT2D eigenvalue weighted by Crippen LogP contribution is -2.13. The zero-order chi connectivity index (χ0) is 14.9. The van der Waals surface area contributed by atoms with Crippen LogP contribution in [0, 0.1) is 6.92 Å². The molecule has 5 nitrogen and oxygen atoms in total. The summed E-state index contributed by atoms with van der Waals surface area (Å²) in [5, 5.41) is 7.81. The number of nitrogens with zero attached hydrogens (tertiary/aromatic N) is 3. The molecule has 110 valence electrons. The Balaban J connectivity index is 1.95. The van der Waals surface area contributed by atoms with Crippen LogP contribution in [-0.2, 0) is 10.0 Å². The van der Waals surface area contributed by atoms with Crippen molar-refractivity contribution >= 4 is 15.6 Å². The second-order valence-electron chi connectivity index (χ2n) is 5.27. The molecule has 0 saturated heterocycles. The molecular formula is C15H17N3O2S. The first-order valence-corrected chi connectivity index (χ1v) is 8.45. The van der Waals surface area contributed by atoms with E-state index >= 15 is 0 Å². The van der Waals surface area contributed by atoms with E-state index in [0.717, 1.165) is 34.5 Å². The molecule has 21 heavy (non-hydrogen) atoms. The average molecular weight is 303 g/mol. The van der Waals surface area contributed by atoms with Gasteiger partial charge in [-0.05, 0) is 50.3 Å². The third-order valence-electron chi connectivity index (χ3n) is 3.66. The first-order valence-electron chi connectivity index (χ1n) is 7.01. The van der Waals surface area contributed by atoms with Crippen LogP contribution in [0.1, 0.15) is 36.9 Å². The van der Waals surface area contributed by atoms with E-state index in [4.69, 9.17) is 0 Å². The third-order valence-corrected chi connectivity index (χ3v) is 5.20. The SMILES string of the molecule is Cc1ccc(S(=O)(=O)n2cc(C3=CCCCC3)nn2)cc1. The van der Waals surface area contributed by atoms with Gasteiger partial charge in [-0.15, -0.1) is 9.19 Å². The molecule has 6 heteroatoms. The molecule has 1 heterocycles. The number of aromatic nitrogens is 3. The maximum Gasteiger partial charge on any atom is 0.284 e. The van der Waals surface area contributed by atoms with Crippen molar-refractivity contribution in [1.82, 2.24) is 14.4 Å². The van der Waals surface area contributed by atoms with E-state index in [9.17, 15) is 8.42 Å². The molecule has 1 aromatic heterocycles. The Morgan fingerprint density at radius 3 is 2.57 bits per heavy atom. The van der Waals surface area contributed by atoms with Crippen molar-refractivity contribution in [3.8, 4) is 0 Å². The number of hydrogen-bond donors (Lipinski definition) is 0. The lowest BCUT2D eigenvalue weighted by Gasteiger charge is -2.09. The van der Waals surface area contributed by atoms with Gasteiger partial charge in [-0.1, -0.05) is 29.0 Å². The van der Waals surface area contributed by atoms with Crippen molar-refractivity contribution in [2.75, 3.05) is 0 Å². The van der Waals surface area contributed by atoms with E-state index in [1.54, 1.807) is 24.3 Å². The lowest BCUT2D eigenvalue weighted by molar-refractivity contribution is 0.577. The van der Waals surface area contributed by atoms with Gasteiger partial charge in [0.2, 0.25) is 0 Å². The van der Waals surface area contributed by atoms with Gasteiger partial charge in [0.15, 0.2) is 0 Å². The van der Waals surface area contributed by atoms with E-state index in [1.165, 1.54) is 12.6 Å². The fraction of sp³-hybridized carbons (Fsp3) is 0.333. The van der Waals surface area contributed by atoms with E-state index < -0.39 is 10.0 Å². The summed E-state index contributed by atoms with van der Waals surface area (Å²) in [6.07, 6.45) is 7.88. The van der Waals surface area contributed by atoms with Crippen LogP contribution >= 0.6 is 0 Å². The van der Waals surface area contributed by atoms with E-state index in [2.05, 4.69) is 16.4 Å². The van der Waals surface area contributed by atoms with Crippen molar-refractivity contribution in [2.24, 2.45) is 0 Å². The summed E-state index contributed by atoms with van der Waals surface area (Å²) >= 11 is 0. The number of hydrogen-bond acceptors (Lipinski definition) is 4. The lowest BCUT2D eigenvalue weighted by atomic mass is 9.98. The van der Waals surface area contributed by atoms with Crippen molar-refractivity contribution in [2.45, 2.75) is 37.5 Å². The molecule has 0 spiro atoms. The summed E-state index contributed by atoms with van der Waals surface area (Å²) in [4.78, 5) is 0.224. The zero-order valence-corrected chi connectivity index (χ0v) is 12.7. The average Bonchev–Trinajstić information content (AvgIpc) is 2.99. The highest BCUT2D eigenvalue weighted by Crippen LogP contribution is 2.25. The fourth-order valence-corrected chi connectivity index (χ4v) is 3.47. The maximum absolute atomic E-state index is 12.5. The van der Waals surface area contributed by atoms with E-state index in [1.807, 2.05) is 6.92 Å².